The summed E-state index contributed by atoms with van der Waals surface area (Å²) in [6.45, 7) is 3.10. The van der Waals surface area contributed by atoms with Gasteiger partial charge in [-0.05, 0) is 37.0 Å². The second-order valence-corrected chi connectivity index (χ2v) is 9.60. The summed E-state index contributed by atoms with van der Waals surface area (Å²) in [5, 5.41) is 0. The van der Waals surface area contributed by atoms with Crippen LogP contribution in [0.2, 0.25) is 0 Å². The summed E-state index contributed by atoms with van der Waals surface area (Å²) in [7, 11) is 0. The lowest BCUT2D eigenvalue weighted by molar-refractivity contribution is -0.157. The summed E-state index contributed by atoms with van der Waals surface area (Å²) in [6.07, 6.45) is 3.38. The van der Waals surface area contributed by atoms with Crippen LogP contribution in [0.15, 0.2) is 78.9 Å². The highest BCUT2D eigenvalue weighted by atomic mass is 16.5. The number of piperidine rings is 1. The molecule has 1 unspecified atom stereocenters. The van der Waals surface area contributed by atoms with Crippen molar-refractivity contribution in [2.24, 2.45) is 11.8 Å². The van der Waals surface area contributed by atoms with E-state index in [4.69, 9.17) is 9.47 Å². The fourth-order valence-corrected chi connectivity index (χ4v) is 5.94. The molecule has 2 aliphatic heterocycles. The quantitative estimate of drug-likeness (QED) is 0.498. The zero-order valence-electron chi connectivity index (χ0n) is 18.7. The number of fused-ring (bicyclic) bond motifs is 4. The van der Waals surface area contributed by atoms with E-state index >= 15 is 0 Å². The number of nitrogens with zero attached hydrogens (tertiary/aromatic N) is 1. The fourth-order valence-electron chi connectivity index (χ4n) is 5.94. The van der Waals surface area contributed by atoms with Crippen LogP contribution in [0, 0.1) is 11.8 Å². The molecule has 3 aliphatic rings. The second kappa shape index (κ2) is 8.68. The molecule has 0 aromatic heterocycles. The van der Waals surface area contributed by atoms with Gasteiger partial charge in [-0.1, -0.05) is 66.7 Å². The van der Waals surface area contributed by atoms with Crippen LogP contribution in [0.4, 0.5) is 0 Å². The molecule has 2 fully saturated rings. The maximum absolute atomic E-state index is 13.6. The number of carbonyl (C=O) groups excluding carboxylic acids is 1. The van der Waals surface area contributed by atoms with Crippen LogP contribution in [0.1, 0.15) is 35.4 Å². The Labute approximate surface area is 195 Å². The molecule has 6 rings (SSSR count). The predicted molar refractivity (Wildman–Crippen MR) is 127 cm³/mol. The molecule has 1 saturated heterocycles. The Balaban J connectivity index is 1.17. The molecule has 0 N–H and O–H groups in total. The minimum absolute atomic E-state index is 0.0210. The van der Waals surface area contributed by atoms with Gasteiger partial charge in [0, 0.05) is 42.6 Å². The Morgan fingerprint density at radius 3 is 2.03 bits per heavy atom. The lowest BCUT2D eigenvalue weighted by atomic mass is 9.87. The topological polar surface area (TPSA) is 38.8 Å². The van der Waals surface area contributed by atoms with Crippen molar-refractivity contribution < 1.29 is 14.3 Å². The molecule has 0 radical (unpaired) electrons. The monoisotopic (exact) mass is 439 g/mol. The first-order valence-corrected chi connectivity index (χ1v) is 12.1. The highest BCUT2D eigenvalue weighted by Gasteiger charge is 2.45. The summed E-state index contributed by atoms with van der Waals surface area (Å²) in [4.78, 5) is 16.2. The molecule has 168 valence electrons. The van der Waals surface area contributed by atoms with E-state index in [-0.39, 0.29) is 12.1 Å². The predicted octanol–water partition coefficient (Wildman–Crippen LogP) is 5.42. The summed E-state index contributed by atoms with van der Waals surface area (Å²) >= 11 is 0. The molecule has 2 heterocycles. The minimum atomic E-state index is -0.429. The number of rotatable bonds is 5. The van der Waals surface area contributed by atoms with Gasteiger partial charge in [0.05, 0.1) is 0 Å². The number of ether oxygens (including phenoxy) is 2. The smallest absolute Gasteiger partial charge is 0.318 e. The van der Waals surface area contributed by atoms with Gasteiger partial charge in [0.15, 0.2) is 0 Å². The number of para-hydroxylation sites is 2. The first-order chi connectivity index (χ1) is 16.3. The van der Waals surface area contributed by atoms with Crippen LogP contribution in [-0.4, -0.2) is 36.6 Å². The van der Waals surface area contributed by atoms with Gasteiger partial charge in [-0.2, -0.15) is 0 Å². The molecule has 3 aromatic rings. The van der Waals surface area contributed by atoms with Crippen molar-refractivity contribution in [1.29, 1.82) is 0 Å². The highest BCUT2D eigenvalue weighted by Crippen LogP contribution is 2.46. The standard InChI is InChI=1S/C29H29NO3/c31-29(27-23-10-4-6-12-25(23)32-26-13-7-5-11-24(26)27)33-28-21-14-15-22(28)19-30(18-21)17-16-20-8-2-1-3-9-20/h1-13,21-22,27-28H,14-19H2/t21-,22+,28?. The molecular weight excluding hydrogens is 410 g/mol. The molecule has 0 spiro atoms. The number of benzene rings is 3. The van der Waals surface area contributed by atoms with Gasteiger partial charge in [0.2, 0.25) is 0 Å². The Bertz CT molecular complexity index is 1080. The van der Waals surface area contributed by atoms with E-state index in [1.54, 1.807) is 0 Å². The van der Waals surface area contributed by atoms with Crippen LogP contribution in [0.5, 0.6) is 11.5 Å². The van der Waals surface area contributed by atoms with Gasteiger partial charge < -0.3 is 14.4 Å². The van der Waals surface area contributed by atoms with Crippen molar-refractivity contribution in [3.63, 3.8) is 0 Å². The van der Waals surface area contributed by atoms with Gasteiger partial charge in [-0.25, -0.2) is 0 Å². The average molecular weight is 440 g/mol. The second-order valence-electron chi connectivity index (χ2n) is 9.60. The minimum Gasteiger partial charge on any atom is -0.461 e. The van der Waals surface area contributed by atoms with Crippen LogP contribution in [-0.2, 0) is 16.0 Å². The SMILES string of the molecule is O=C(OC1[C@@H]2CC[C@H]1CN(CCc1ccccc1)C2)C1c2ccccc2Oc2ccccc21. The van der Waals surface area contributed by atoms with Crippen molar-refractivity contribution in [3.05, 3.63) is 95.6 Å². The molecule has 1 saturated carbocycles. The first-order valence-electron chi connectivity index (χ1n) is 12.1. The largest absolute Gasteiger partial charge is 0.461 e. The number of hydrogen-bond donors (Lipinski definition) is 0. The third kappa shape index (κ3) is 3.93. The number of carbonyl (C=O) groups is 1. The Morgan fingerprint density at radius 1 is 0.818 bits per heavy atom. The molecular formula is C29H29NO3. The highest BCUT2D eigenvalue weighted by molar-refractivity contribution is 5.85. The molecule has 3 aromatic carbocycles. The van der Waals surface area contributed by atoms with Crippen LogP contribution in [0.3, 0.4) is 0 Å². The maximum atomic E-state index is 13.6. The lowest BCUT2D eigenvalue weighted by Gasteiger charge is -2.38. The summed E-state index contributed by atoms with van der Waals surface area (Å²) in [5.41, 5.74) is 3.18. The van der Waals surface area contributed by atoms with Crippen molar-refractivity contribution >= 4 is 5.97 Å². The Kier molecular flexibility index (Phi) is 5.39. The fraction of sp³-hybridized carbons (Fsp3) is 0.345. The molecule has 33 heavy (non-hydrogen) atoms. The molecule has 1 aliphatic carbocycles. The molecule has 3 atom stereocenters. The average Bonchev–Trinajstić information content (AvgIpc) is 3.08. The Hall–Kier alpha value is -3.11. The van der Waals surface area contributed by atoms with Crippen molar-refractivity contribution in [2.45, 2.75) is 31.3 Å². The van der Waals surface area contributed by atoms with Gasteiger partial charge in [0.25, 0.3) is 0 Å². The van der Waals surface area contributed by atoms with E-state index in [1.165, 1.54) is 5.56 Å². The molecule has 0 amide bonds. The van der Waals surface area contributed by atoms with E-state index in [1.807, 2.05) is 48.5 Å². The van der Waals surface area contributed by atoms with Crippen molar-refractivity contribution in [3.8, 4) is 11.5 Å². The summed E-state index contributed by atoms with van der Waals surface area (Å²) in [6, 6.07) is 26.3. The van der Waals surface area contributed by atoms with Gasteiger partial charge in [0.1, 0.15) is 23.5 Å². The van der Waals surface area contributed by atoms with Crippen molar-refractivity contribution in [1.82, 2.24) is 4.90 Å². The van der Waals surface area contributed by atoms with Gasteiger partial charge in [-0.3, -0.25) is 4.79 Å². The number of likely N-dealkylation sites (tertiary alicyclic amines) is 1. The normalized spacial score (nSPS) is 23.9. The van der Waals surface area contributed by atoms with E-state index < -0.39 is 5.92 Å². The Morgan fingerprint density at radius 2 is 1.39 bits per heavy atom. The lowest BCUT2D eigenvalue weighted by Crippen LogP contribution is -2.47. The molecule has 4 nitrogen and oxygen atoms in total. The third-order valence-corrected chi connectivity index (χ3v) is 7.55. The number of esters is 1. The molecule has 2 bridgehead atoms. The van der Waals surface area contributed by atoms with E-state index in [0.717, 1.165) is 61.5 Å². The van der Waals surface area contributed by atoms with Crippen LogP contribution < -0.4 is 4.74 Å². The summed E-state index contributed by atoms with van der Waals surface area (Å²) in [5.74, 6) is 1.77. The van der Waals surface area contributed by atoms with E-state index in [2.05, 4.69) is 35.2 Å². The summed E-state index contributed by atoms with van der Waals surface area (Å²) < 4.78 is 12.4. The molecule has 4 heteroatoms. The van der Waals surface area contributed by atoms with Crippen molar-refractivity contribution in [2.75, 3.05) is 19.6 Å². The zero-order chi connectivity index (χ0) is 22.2. The van der Waals surface area contributed by atoms with Gasteiger partial charge >= 0.3 is 5.97 Å². The van der Waals surface area contributed by atoms with Gasteiger partial charge in [-0.15, -0.1) is 0 Å². The van der Waals surface area contributed by atoms with E-state index in [9.17, 15) is 4.79 Å². The third-order valence-electron chi connectivity index (χ3n) is 7.55. The first kappa shape index (κ1) is 20.5. The maximum Gasteiger partial charge on any atom is 0.318 e. The van der Waals surface area contributed by atoms with E-state index in [0.29, 0.717) is 11.8 Å². The number of hydrogen-bond acceptors (Lipinski definition) is 4. The zero-order valence-corrected chi connectivity index (χ0v) is 18.7. The van der Waals surface area contributed by atoms with Crippen LogP contribution >= 0.6 is 0 Å². The van der Waals surface area contributed by atoms with Crippen LogP contribution in [0.25, 0.3) is 0 Å².